The normalized spacial score (nSPS) is 15.9. The van der Waals surface area contributed by atoms with E-state index < -0.39 is 0 Å². The highest BCUT2D eigenvalue weighted by atomic mass is 32.2. The van der Waals surface area contributed by atoms with Gasteiger partial charge in [0.2, 0.25) is 0 Å². The second-order valence-corrected chi connectivity index (χ2v) is 6.63. The van der Waals surface area contributed by atoms with Crippen molar-refractivity contribution in [2.75, 3.05) is 19.3 Å². The van der Waals surface area contributed by atoms with Crippen molar-refractivity contribution in [1.29, 1.82) is 0 Å². The van der Waals surface area contributed by atoms with E-state index in [0.717, 1.165) is 42.2 Å². The maximum Gasteiger partial charge on any atom is 0.270 e. The number of aromatic amines is 1. The van der Waals surface area contributed by atoms with Crippen molar-refractivity contribution in [3.8, 4) is 0 Å². The van der Waals surface area contributed by atoms with E-state index in [1.165, 1.54) is 11.8 Å². The summed E-state index contributed by atoms with van der Waals surface area (Å²) in [5, 5.41) is 16.0. The maximum absolute atomic E-state index is 12.6. The largest absolute Gasteiger partial charge is 0.348 e. The number of piperidine rings is 1. The standard InChI is InChI=1S/C16H18N6OS/c1-24-16-18-8-9-2-3-11-13(12(9)20-16)21-22-14(11)15(23)19-10-4-6-17-7-5-10/h2-3,8,10,17H,4-7H2,1H3,(H,19,23)(H,21,22). The summed E-state index contributed by atoms with van der Waals surface area (Å²) in [5.74, 6) is -0.108. The van der Waals surface area contributed by atoms with Crippen molar-refractivity contribution in [3.63, 3.8) is 0 Å². The number of carbonyl (C=O) groups excluding carboxylic acids is 1. The molecule has 0 unspecified atom stereocenters. The number of carbonyl (C=O) groups is 1. The molecule has 0 aliphatic carbocycles. The Hall–Kier alpha value is -2.19. The van der Waals surface area contributed by atoms with Gasteiger partial charge in [0.15, 0.2) is 5.16 Å². The molecule has 3 N–H and O–H groups in total. The Balaban J connectivity index is 1.71. The van der Waals surface area contributed by atoms with Gasteiger partial charge in [-0.3, -0.25) is 9.89 Å². The highest BCUT2D eigenvalue weighted by molar-refractivity contribution is 7.98. The zero-order valence-corrected chi connectivity index (χ0v) is 14.1. The molecule has 7 nitrogen and oxygen atoms in total. The quantitative estimate of drug-likeness (QED) is 0.495. The minimum Gasteiger partial charge on any atom is -0.348 e. The molecule has 4 rings (SSSR count). The predicted molar refractivity (Wildman–Crippen MR) is 94.3 cm³/mol. The van der Waals surface area contributed by atoms with E-state index in [9.17, 15) is 4.79 Å². The van der Waals surface area contributed by atoms with Crippen molar-refractivity contribution in [1.82, 2.24) is 30.8 Å². The smallest absolute Gasteiger partial charge is 0.270 e. The molecule has 0 saturated carbocycles. The SMILES string of the molecule is CSc1ncc2ccc3c(C(=O)NC4CCNCC4)[nH]nc3c2n1. The van der Waals surface area contributed by atoms with Crippen LogP contribution in [0.1, 0.15) is 23.3 Å². The van der Waals surface area contributed by atoms with Crippen LogP contribution in [0.2, 0.25) is 0 Å². The van der Waals surface area contributed by atoms with E-state index >= 15 is 0 Å². The third-order valence-corrected chi connectivity index (χ3v) is 4.90. The first-order valence-electron chi connectivity index (χ1n) is 7.95. The van der Waals surface area contributed by atoms with Gasteiger partial charge < -0.3 is 10.6 Å². The minimum atomic E-state index is -0.108. The summed E-state index contributed by atoms with van der Waals surface area (Å²) in [7, 11) is 0. The van der Waals surface area contributed by atoms with E-state index in [1.54, 1.807) is 6.20 Å². The molecule has 8 heteroatoms. The fourth-order valence-corrected chi connectivity index (χ4v) is 3.39. The second kappa shape index (κ2) is 6.37. The number of nitrogens with zero attached hydrogens (tertiary/aromatic N) is 3. The van der Waals surface area contributed by atoms with Crippen LogP contribution < -0.4 is 10.6 Å². The number of rotatable bonds is 3. The molecule has 3 heterocycles. The topological polar surface area (TPSA) is 95.6 Å². The van der Waals surface area contributed by atoms with Gasteiger partial charge in [-0.05, 0) is 38.3 Å². The molecule has 0 radical (unpaired) electrons. The Labute approximate surface area is 143 Å². The first-order valence-corrected chi connectivity index (χ1v) is 9.18. The molecular formula is C16H18N6OS. The average molecular weight is 342 g/mol. The number of H-pyrrole nitrogens is 1. The molecule has 2 aromatic heterocycles. The van der Waals surface area contributed by atoms with E-state index in [0.29, 0.717) is 16.4 Å². The number of amides is 1. The van der Waals surface area contributed by atoms with Gasteiger partial charge in [0.1, 0.15) is 16.7 Å². The van der Waals surface area contributed by atoms with Crippen molar-refractivity contribution in [2.45, 2.75) is 24.0 Å². The number of aromatic nitrogens is 4. The van der Waals surface area contributed by atoms with Crippen LogP contribution in [0.3, 0.4) is 0 Å². The van der Waals surface area contributed by atoms with Crippen LogP contribution in [0, 0.1) is 0 Å². The molecule has 0 atom stereocenters. The number of hydrogen-bond donors (Lipinski definition) is 3. The van der Waals surface area contributed by atoms with E-state index in [4.69, 9.17) is 0 Å². The molecular weight excluding hydrogens is 324 g/mol. The predicted octanol–water partition coefficient (Wildman–Crippen LogP) is 1.71. The number of fused-ring (bicyclic) bond motifs is 3. The first kappa shape index (κ1) is 15.3. The fourth-order valence-electron chi connectivity index (χ4n) is 3.05. The van der Waals surface area contributed by atoms with Crippen LogP contribution in [-0.2, 0) is 0 Å². The van der Waals surface area contributed by atoms with Crippen molar-refractivity contribution in [2.24, 2.45) is 0 Å². The van der Waals surface area contributed by atoms with Crippen molar-refractivity contribution < 1.29 is 4.79 Å². The van der Waals surface area contributed by atoms with E-state index in [2.05, 4.69) is 30.8 Å². The van der Waals surface area contributed by atoms with Gasteiger partial charge in [0.05, 0.1) is 0 Å². The van der Waals surface area contributed by atoms with Crippen LogP contribution in [0.5, 0.6) is 0 Å². The van der Waals surface area contributed by atoms with Crippen LogP contribution >= 0.6 is 11.8 Å². The second-order valence-electron chi connectivity index (χ2n) is 5.85. The van der Waals surface area contributed by atoms with Crippen LogP contribution in [-0.4, -0.2) is 51.5 Å². The van der Waals surface area contributed by atoms with Gasteiger partial charge in [-0.1, -0.05) is 17.8 Å². The number of nitrogens with one attached hydrogen (secondary N) is 3. The summed E-state index contributed by atoms with van der Waals surface area (Å²) < 4.78 is 0. The lowest BCUT2D eigenvalue weighted by Gasteiger charge is -2.23. The van der Waals surface area contributed by atoms with E-state index in [1.807, 2.05) is 18.4 Å². The van der Waals surface area contributed by atoms with Crippen molar-refractivity contribution >= 4 is 39.5 Å². The summed E-state index contributed by atoms with van der Waals surface area (Å²) in [4.78, 5) is 21.4. The van der Waals surface area contributed by atoms with Gasteiger partial charge >= 0.3 is 0 Å². The fraction of sp³-hybridized carbons (Fsp3) is 0.375. The Morgan fingerprint density at radius 2 is 2.12 bits per heavy atom. The highest BCUT2D eigenvalue weighted by Gasteiger charge is 2.20. The summed E-state index contributed by atoms with van der Waals surface area (Å²) in [6, 6.07) is 4.04. The van der Waals surface area contributed by atoms with Gasteiger partial charge in [0.25, 0.3) is 5.91 Å². The molecule has 24 heavy (non-hydrogen) atoms. The van der Waals surface area contributed by atoms with Gasteiger partial charge in [-0.25, -0.2) is 9.97 Å². The Kier molecular flexibility index (Phi) is 4.07. The number of thioether (sulfide) groups is 1. The van der Waals surface area contributed by atoms with Gasteiger partial charge in [0, 0.05) is 23.0 Å². The monoisotopic (exact) mass is 342 g/mol. The number of hydrogen-bond acceptors (Lipinski definition) is 6. The zero-order chi connectivity index (χ0) is 16.5. The lowest BCUT2D eigenvalue weighted by molar-refractivity contribution is 0.0926. The Bertz CT molecular complexity index is 902. The molecule has 0 spiro atoms. The molecule has 124 valence electrons. The van der Waals surface area contributed by atoms with Crippen molar-refractivity contribution in [3.05, 3.63) is 24.0 Å². The molecule has 0 bridgehead atoms. The molecule has 1 amide bonds. The zero-order valence-electron chi connectivity index (χ0n) is 13.3. The first-order chi connectivity index (χ1) is 11.8. The Morgan fingerprint density at radius 3 is 2.92 bits per heavy atom. The Morgan fingerprint density at radius 1 is 1.29 bits per heavy atom. The van der Waals surface area contributed by atoms with Crippen LogP contribution in [0.25, 0.3) is 21.8 Å². The van der Waals surface area contributed by atoms with E-state index in [-0.39, 0.29) is 11.9 Å². The number of benzene rings is 1. The lowest BCUT2D eigenvalue weighted by Crippen LogP contribution is -2.42. The summed E-state index contributed by atoms with van der Waals surface area (Å²) in [6.45, 7) is 1.88. The summed E-state index contributed by atoms with van der Waals surface area (Å²) >= 11 is 1.48. The third kappa shape index (κ3) is 2.71. The highest BCUT2D eigenvalue weighted by Crippen LogP contribution is 2.25. The maximum atomic E-state index is 12.6. The van der Waals surface area contributed by atoms with Gasteiger partial charge in [-0.2, -0.15) is 5.10 Å². The van der Waals surface area contributed by atoms with Crippen LogP contribution in [0.4, 0.5) is 0 Å². The average Bonchev–Trinajstić information content (AvgIpc) is 3.06. The minimum absolute atomic E-state index is 0.108. The molecule has 1 fully saturated rings. The molecule has 1 saturated heterocycles. The van der Waals surface area contributed by atoms with Gasteiger partial charge in [-0.15, -0.1) is 0 Å². The lowest BCUT2D eigenvalue weighted by atomic mass is 10.1. The molecule has 1 aromatic carbocycles. The molecule has 3 aromatic rings. The third-order valence-electron chi connectivity index (χ3n) is 4.34. The van der Waals surface area contributed by atoms with Crippen LogP contribution in [0.15, 0.2) is 23.5 Å². The molecule has 1 aliphatic heterocycles. The summed E-state index contributed by atoms with van der Waals surface area (Å²) in [6.07, 6.45) is 5.62. The summed E-state index contributed by atoms with van der Waals surface area (Å²) in [5.41, 5.74) is 1.97. The molecule has 1 aliphatic rings.